The van der Waals surface area contributed by atoms with Crippen LogP contribution in [0.25, 0.3) is 0 Å². The molecule has 3 unspecified atom stereocenters. The Balaban J connectivity index is 2.15. The highest BCUT2D eigenvalue weighted by molar-refractivity contribution is 5.04. The van der Waals surface area contributed by atoms with E-state index in [9.17, 15) is 0 Å². The summed E-state index contributed by atoms with van der Waals surface area (Å²) in [4.78, 5) is 0. The number of nitrogens with one attached hydrogen (secondary N) is 1. The van der Waals surface area contributed by atoms with Gasteiger partial charge in [0.05, 0.1) is 0 Å². The van der Waals surface area contributed by atoms with Gasteiger partial charge in [-0.05, 0) is 55.8 Å². The number of rotatable bonds is 2. The molecule has 2 aliphatic carbocycles. The van der Waals surface area contributed by atoms with E-state index < -0.39 is 0 Å². The average Bonchev–Trinajstić information content (AvgIpc) is 1.90. The molecule has 1 N–H and O–H groups in total. The molecule has 3 atom stereocenters. The fourth-order valence-corrected chi connectivity index (χ4v) is 5.59. The Morgan fingerprint density at radius 3 is 2.12 bits per heavy atom. The summed E-state index contributed by atoms with van der Waals surface area (Å²) in [6.07, 6.45) is 7.04. The molecule has 0 aliphatic heterocycles. The van der Waals surface area contributed by atoms with E-state index in [1.54, 1.807) is 0 Å². The van der Waals surface area contributed by atoms with Crippen LogP contribution in [0, 0.1) is 16.7 Å². The second-order valence-corrected chi connectivity index (χ2v) is 8.67. The first kappa shape index (κ1) is 13.4. The third-order valence-electron chi connectivity index (χ3n) is 4.72. The molecule has 1 heteroatoms. The van der Waals surface area contributed by atoms with Gasteiger partial charge in [-0.15, -0.1) is 0 Å². The van der Waals surface area contributed by atoms with Gasteiger partial charge in [-0.1, -0.05) is 34.6 Å². The lowest BCUT2D eigenvalue weighted by Gasteiger charge is -2.56. The zero-order valence-electron chi connectivity index (χ0n) is 12.7. The summed E-state index contributed by atoms with van der Waals surface area (Å²) in [5, 5.41) is 3.84. The van der Waals surface area contributed by atoms with Gasteiger partial charge in [0.2, 0.25) is 0 Å². The van der Waals surface area contributed by atoms with Crippen molar-refractivity contribution in [3.05, 3.63) is 0 Å². The molecule has 1 nitrogen and oxygen atoms in total. The zero-order valence-corrected chi connectivity index (χ0v) is 12.7. The molecule has 0 amide bonds. The van der Waals surface area contributed by atoms with E-state index in [1.165, 1.54) is 32.1 Å². The smallest absolute Gasteiger partial charge is 0.0163 e. The third-order valence-corrected chi connectivity index (χ3v) is 4.72. The summed E-state index contributed by atoms with van der Waals surface area (Å²) < 4.78 is 0. The van der Waals surface area contributed by atoms with Crippen molar-refractivity contribution >= 4 is 0 Å². The predicted octanol–water partition coefficient (Wildman–Crippen LogP) is 4.37. The van der Waals surface area contributed by atoms with E-state index >= 15 is 0 Å². The lowest BCUT2D eigenvalue weighted by Crippen LogP contribution is -2.56. The second-order valence-electron chi connectivity index (χ2n) is 8.67. The Kier molecular flexibility index (Phi) is 3.14. The zero-order chi connectivity index (χ0) is 12.9. The lowest BCUT2D eigenvalue weighted by molar-refractivity contribution is -0.0304. The Bertz CT molecular complexity index is 286. The van der Waals surface area contributed by atoms with Crippen molar-refractivity contribution in [3.8, 4) is 0 Å². The lowest BCUT2D eigenvalue weighted by atomic mass is 9.52. The Morgan fingerprint density at radius 2 is 1.59 bits per heavy atom. The summed E-state index contributed by atoms with van der Waals surface area (Å²) in [5.74, 6) is 0.939. The highest BCUT2D eigenvalue weighted by Crippen LogP contribution is 2.57. The van der Waals surface area contributed by atoms with Gasteiger partial charge < -0.3 is 5.32 Å². The van der Waals surface area contributed by atoms with E-state index in [1.807, 2.05) is 0 Å². The topological polar surface area (TPSA) is 12.0 Å². The molecule has 2 aliphatic rings. The number of hydrogen-bond acceptors (Lipinski definition) is 1. The maximum absolute atomic E-state index is 3.84. The Labute approximate surface area is 108 Å². The molecule has 2 bridgehead atoms. The first-order chi connectivity index (χ1) is 7.62. The van der Waals surface area contributed by atoms with E-state index in [-0.39, 0.29) is 0 Å². The molecular formula is C16H31N. The highest BCUT2D eigenvalue weighted by Gasteiger charge is 2.50. The maximum Gasteiger partial charge on any atom is 0.0163 e. The van der Waals surface area contributed by atoms with Gasteiger partial charge in [0.15, 0.2) is 0 Å². The summed E-state index contributed by atoms with van der Waals surface area (Å²) in [7, 11) is 0. The van der Waals surface area contributed by atoms with E-state index in [0.29, 0.717) is 22.4 Å². The minimum absolute atomic E-state index is 0.377. The molecule has 2 rings (SSSR count). The van der Waals surface area contributed by atoms with Gasteiger partial charge in [0.25, 0.3) is 0 Å². The molecular weight excluding hydrogens is 206 g/mol. The molecule has 2 fully saturated rings. The van der Waals surface area contributed by atoms with Crippen molar-refractivity contribution in [2.75, 3.05) is 0 Å². The van der Waals surface area contributed by atoms with Crippen LogP contribution in [0.2, 0.25) is 0 Å². The van der Waals surface area contributed by atoms with E-state index in [0.717, 1.165) is 5.92 Å². The van der Waals surface area contributed by atoms with Crippen LogP contribution in [0.3, 0.4) is 0 Å². The van der Waals surface area contributed by atoms with Gasteiger partial charge in [-0.25, -0.2) is 0 Å². The van der Waals surface area contributed by atoms with Crippen molar-refractivity contribution in [2.45, 2.75) is 85.2 Å². The van der Waals surface area contributed by atoms with Crippen molar-refractivity contribution in [3.63, 3.8) is 0 Å². The first-order valence-electron chi connectivity index (χ1n) is 7.39. The molecule has 2 saturated carbocycles. The van der Waals surface area contributed by atoms with Gasteiger partial charge in [-0.2, -0.15) is 0 Å². The Hall–Kier alpha value is -0.0400. The molecule has 0 spiro atoms. The minimum atomic E-state index is 0.377. The van der Waals surface area contributed by atoms with Crippen molar-refractivity contribution in [1.29, 1.82) is 0 Å². The van der Waals surface area contributed by atoms with E-state index in [2.05, 4.69) is 46.9 Å². The molecule has 0 radical (unpaired) electrons. The Morgan fingerprint density at radius 1 is 0.941 bits per heavy atom. The average molecular weight is 237 g/mol. The summed E-state index contributed by atoms with van der Waals surface area (Å²) in [6, 6.07) is 0.607. The van der Waals surface area contributed by atoms with Crippen LogP contribution < -0.4 is 5.32 Å². The molecule has 0 heterocycles. The fourth-order valence-electron chi connectivity index (χ4n) is 5.59. The van der Waals surface area contributed by atoms with Crippen LogP contribution in [0.4, 0.5) is 0 Å². The quantitative estimate of drug-likeness (QED) is 0.752. The number of hydrogen-bond donors (Lipinski definition) is 1. The third kappa shape index (κ3) is 3.05. The maximum atomic E-state index is 3.84. The van der Waals surface area contributed by atoms with Crippen molar-refractivity contribution in [1.82, 2.24) is 5.32 Å². The monoisotopic (exact) mass is 237 g/mol. The summed E-state index contributed by atoms with van der Waals surface area (Å²) in [5.41, 5.74) is 1.51. The summed E-state index contributed by atoms with van der Waals surface area (Å²) >= 11 is 0. The molecule has 0 aromatic heterocycles. The van der Waals surface area contributed by atoms with Crippen LogP contribution in [0.1, 0.15) is 73.6 Å². The predicted molar refractivity (Wildman–Crippen MR) is 75.1 cm³/mol. The van der Waals surface area contributed by atoms with Crippen molar-refractivity contribution < 1.29 is 0 Å². The molecule has 17 heavy (non-hydrogen) atoms. The van der Waals surface area contributed by atoms with Gasteiger partial charge in [0.1, 0.15) is 0 Å². The molecule has 0 aromatic carbocycles. The van der Waals surface area contributed by atoms with Crippen LogP contribution in [-0.4, -0.2) is 11.6 Å². The fraction of sp³-hybridized carbons (Fsp3) is 1.00. The van der Waals surface area contributed by atoms with Gasteiger partial charge in [-0.3, -0.25) is 0 Å². The van der Waals surface area contributed by atoms with Crippen LogP contribution in [-0.2, 0) is 0 Å². The first-order valence-corrected chi connectivity index (χ1v) is 7.39. The SMILES string of the molecule is CC(C)NC1(C)CC2CC(C)(C)CC(C)(C2)C1. The van der Waals surface area contributed by atoms with Crippen LogP contribution in [0.5, 0.6) is 0 Å². The molecule has 0 aromatic rings. The summed E-state index contributed by atoms with van der Waals surface area (Å²) in [6.45, 7) is 14.5. The normalized spacial score (nSPS) is 45.0. The molecule has 0 saturated heterocycles. The van der Waals surface area contributed by atoms with Crippen LogP contribution >= 0.6 is 0 Å². The molecule has 100 valence electrons. The van der Waals surface area contributed by atoms with Gasteiger partial charge in [0, 0.05) is 11.6 Å². The second kappa shape index (κ2) is 3.98. The standard InChI is InChI=1S/C16H31N/c1-12(2)17-16(6)9-13-7-14(3,4)10-15(5,8-13)11-16/h12-13,17H,7-11H2,1-6H3. The highest BCUT2D eigenvalue weighted by atomic mass is 15.0. The van der Waals surface area contributed by atoms with Gasteiger partial charge >= 0.3 is 0 Å². The minimum Gasteiger partial charge on any atom is -0.309 e. The number of fused-ring (bicyclic) bond motifs is 2. The largest absolute Gasteiger partial charge is 0.309 e. The van der Waals surface area contributed by atoms with E-state index in [4.69, 9.17) is 0 Å². The van der Waals surface area contributed by atoms with Crippen molar-refractivity contribution in [2.24, 2.45) is 16.7 Å². The van der Waals surface area contributed by atoms with Crippen LogP contribution in [0.15, 0.2) is 0 Å².